The Balaban J connectivity index is 1.75. The van der Waals surface area contributed by atoms with Crippen molar-refractivity contribution < 1.29 is 22.0 Å². The molecule has 0 unspecified atom stereocenters. The van der Waals surface area contributed by atoms with Crippen LogP contribution in [0.2, 0.25) is 0 Å². The van der Waals surface area contributed by atoms with Crippen molar-refractivity contribution in [2.75, 3.05) is 0 Å². The van der Waals surface area contributed by atoms with Crippen molar-refractivity contribution in [3.05, 3.63) is 120 Å². The van der Waals surface area contributed by atoms with Crippen molar-refractivity contribution in [1.29, 1.82) is 0 Å². The number of hydrogen-bond donors (Lipinski definition) is 0. The zero-order valence-electron chi connectivity index (χ0n) is 21.2. The van der Waals surface area contributed by atoms with Crippen LogP contribution in [-0.2, 0) is 12.6 Å². The Morgan fingerprint density at radius 1 is 0.525 bits per heavy atom. The fourth-order valence-electron chi connectivity index (χ4n) is 6.11. The van der Waals surface area contributed by atoms with Crippen molar-refractivity contribution >= 4 is 43.6 Å². The quantitative estimate of drug-likeness (QED) is 0.198. The van der Waals surface area contributed by atoms with Gasteiger partial charge < -0.3 is 9.13 Å². The standard InChI is InChI=1S/C33H21F5N2/c1-2-19-31(39-24-15-7-3-11-20(24)21-12-4-8-16-25(21)39)28(33(36,37)38)29(34)30(35)32(19)40-26-17-9-5-13-22(26)23-14-6-10-18-27(23)40/h3-18H,2H2,1H3. The normalized spacial score (nSPS) is 12.3. The largest absolute Gasteiger partial charge is 0.421 e. The second-order valence-electron chi connectivity index (χ2n) is 9.77. The molecule has 2 heterocycles. The van der Waals surface area contributed by atoms with Crippen LogP contribution in [0, 0.1) is 11.6 Å². The molecule has 0 aliphatic carbocycles. The highest BCUT2D eigenvalue weighted by atomic mass is 19.4. The summed E-state index contributed by atoms with van der Waals surface area (Å²) in [6.07, 6.45) is -5.14. The van der Waals surface area contributed by atoms with Gasteiger partial charge in [-0.25, -0.2) is 8.78 Å². The molecule has 2 aromatic heterocycles. The average molecular weight is 541 g/mol. The summed E-state index contributed by atoms with van der Waals surface area (Å²) in [6, 6.07) is 28.6. The van der Waals surface area contributed by atoms with Crippen LogP contribution in [0.25, 0.3) is 55.0 Å². The third-order valence-electron chi connectivity index (χ3n) is 7.67. The van der Waals surface area contributed by atoms with E-state index >= 15 is 8.78 Å². The Morgan fingerprint density at radius 3 is 1.23 bits per heavy atom. The predicted molar refractivity (Wildman–Crippen MR) is 149 cm³/mol. The number of rotatable bonds is 3. The Kier molecular flexibility index (Phi) is 5.29. The van der Waals surface area contributed by atoms with Gasteiger partial charge >= 0.3 is 6.18 Å². The lowest BCUT2D eigenvalue weighted by atomic mass is 9.99. The van der Waals surface area contributed by atoms with Crippen LogP contribution in [-0.4, -0.2) is 9.13 Å². The molecule has 198 valence electrons. The second-order valence-corrected chi connectivity index (χ2v) is 9.77. The minimum atomic E-state index is -5.16. The summed E-state index contributed by atoms with van der Waals surface area (Å²) in [7, 11) is 0. The monoisotopic (exact) mass is 540 g/mol. The lowest BCUT2D eigenvalue weighted by molar-refractivity contribution is -0.140. The molecule has 0 aliphatic rings. The number of para-hydroxylation sites is 4. The molecule has 0 aliphatic heterocycles. The first-order valence-corrected chi connectivity index (χ1v) is 12.9. The number of hydrogen-bond acceptors (Lipinski definition) is 0. The zero-order valence-corrected chi connectivity index (χ0v) is 21.2. The van der Waals surface area contributed by atoms with Crippen LogP contribution in [0.4, 0.5) is 22.0 Å². The fourth-order valence-corrected chi connectivity index (χ4v) is 6.11. The Morgan fingerprint density at radius 2 is 0.875 bits per heavy atom. The van der Waals surface area contributed by atoms with Crippen LogP contribution in [0.1, 0.15) is 18.1 Å². The van der Waals surface area contributed by atoms with Gasteiger partial charge in [-0.1, -0.05) is 79.7 Å². The maximum absolute atomic E-state index is 16.2. The number of fused-ring (bicyclic) bond motifs is 6. The van der Waals surface area contributed by atoms with Gasteiger partial charge in [-0.15, -0.1) is 0 Å². The van der Waals surface area contributed by atoms with E-state index in [1.807, 2.05) is 36.4 Å². The van der Waals surface area contributed by atoms with Crippen LogP contribution >= 0.6 is 0 Å². The summed E-state index contributed by atoms with van der Waals surface area (Å²) in [5.74, 6) is -3.45. The molecule has 0 atom stereocenters. The minimum absolute atomic E-state index is 0.0205. The van der Waals surface area contributed by atoms with E-state index in [9.17, 15) is 13.2 Å². The van der Waals surface area contributed by atoms with Gasteiger partial charge in [0.2, 0.25) is 0 Å². The molecule has 0 amide bonds. The molecule has 0 radical (unpaired) electrons. The molecule has 0 fully saturated rings. The van der Waals surface area contributed by atoms with Gasteiger partial charge in [-0.3, -0.25) is 0 Å². The highest BCUT2D eigenvalue weighted by Gasteiger charge is 2.43. The van der Waals surface area contributed by atoms with Crippen molar-refractivity contribution in [3.63, 3.8) is 0 Å². The summed E-state index contributed by atoms with van der Waals surface area (Å²) in [4.78, 5) is 0. The van der Waals surface area contributed by atoms with Gasteiger partial charge in [0.1, 0.15) is 5.56 Å². The van der Waals surface area contributed by atoms with E-state index in [2.05, 4.69) is 0 Å². The first-order chi connectivity index (χ1) is 19.3. The van der Waals surface area contributed by atoms with E-state index in [1.165, 1.54) is 4.57 Å². The predicted octanol–water partition coefficient (Wildman–Crippen LogP) is 9.74. The number of alkyl halides is 3. The molecule has 7 rings (SSSR count). The molecule has 7 heteroatoms. The van der Waals surface area contributed by atoms with Crippen LogP contribution < -0.4 is 0 Å². The Bertz CT molecular complexity index is 2010. The van der Waals surface area contributed by atoms with Crippen molar-refractivity contribution in [2.45, 2.75) is 19.5 Å². The van der Waals surface area contributed by atoms with Crippen molar-refractivity contribution in [3.8, 4) is 11.4 Å². The maximum atomic E-state index is 16.2. The molecule has 5 aromatic carbocycles. The van der Waals surface area contributed by atoms with E-state index in [0.717, 1.165) is 21.5 Å². The molecule has 0 spiro atoms. The second kappa shape index (κ2) is 8.68. The van der Waals surface area contributed by atoms with E-state index in [1.54, 1.807) is 72.2 Å². The number of aromatic nitrogens is 2. The average Bonchev–Trinajstić information content (AvgIpc) is 3.46. The molecular formula is C33H21F5N2. The van der Waals surface area contributed by atoms with Gasteiger partial charge in [0.05, 0.1) is 33.4 Å². The van der Waals surface area contributed by atoms with Crippen molar-refractivity contribution in [2.24, 2.45) is 0 Å². The maximum Gasteiger partial charge on any atom is 0.421 e. The smallest absolute Gasteiger partial charge is 0.308 e. The van der Waals surface area contributed by atoms with Gasteiger partial charge in [0.15, 0.2) is 11.6 Å². The van der Waals surface area contributed by atoms with Crippen LogP contribution in [0.5, 0.6) is 0 Å². The highest BCUT2D eigenvalue weighted by Crippen LogP contribution is 2.46. The van der Waals surface area contributed by atoms with E-state index < -0.39 is 29.1 Å². The van der Waals surface area contributed by atoms with Crippen molar-refractivity contribution in [1.82, 2.24) is 9.13 Å². The topological polar surface area (TPSA) is 9.86 Å². The van der Waals surface area contributed by atoms with Gasteiger partial charge in [-0.2, -0.15) is 13.2 Å². The molecule has 2 nitrogen and oxygen atoms in total. The Labute approximate surface area is 225 Å². The third-order valence-corrected chi connectivity index (χ3v) is 7.67. The number of nitrogens with zero attached hydrogens (tertiary/aromatic N) is 2. The molecule has 0 N–H and O–H groups in total. The van der Waals surface area contributed by atoms with Gasteiger partial charge in [0.25, 0.3) is 0 Å². The summed E-state index contributed by atoms with van der Waals surface area (Å²) in [5.41, 5.74) is -0.0760. The summed E-state index contributed by atoms with van der Waals surface area (Å²) in [6.45, 7) is 1.67. The molecule has 7 aromatic rings. The third kappa shape index (κ3) is 3.27. The fraction of sp³-hybridized carbons (Fsp3) is 0.0909. The Hall–Kier alpha value is -4.65. The highest BCUT2D eigenvalue weighted by molar-refractivity contribution is 6.11. The van der Waals surface area contributed by atoms with Gasteiger partial charge in [-0.05, 0) is 30.7 Å². The zero-order chi connectivity index (χ0) is 27.8. The first kappa shape index (κ1) is 24.4. The summed E-state index contributed by atoms with van der Waals surface area (Å²) >= 11 is 0. The number of benzene rings is 5. The van der Waals surface area contributed by atoms with Crippen LogP contribution in [0.15, 0.2) is 97.1 Å². The van der Waals surface area contributed by atoms with E-state index in [4.69, 9.17) is 0 Å². The molecule has 40 heavy (non-hydrogen) atoms. The lowest BCUT2D eigenvalue weighted by Crippen LogP contribution is -2.20. The van der Waals surface area contributed by atoms with E-state index in [-0.39, 0.29) is 17.7 Å². The van der Waals surface area contributed by atoms with Crippen LogP contribution in [0.3, 0.4) is 0 Å². The SMILES string of the molecule is CCc1c(-n2c3ccccc3c3ccccc32)c(F)c(F)c(C(F)(F)F)c1-n1c2ccccc2c2ccccc21. The molecule has 0 saturated carbocycles. The molecular weight excluding hydrogens is 519 g/mol. The first-order valence-electron chi connectivity index (χ1n) is 12.9. The molecule has 0 bridgehead atoms. The minimum Gasteiger partial charge on any atom is -0.308 e. The number of halogens is 5. The molecule has 0 saturated heterocycles. The van der Waals surface area contributed by atoms with Gasteiger partial charge in [0, 0.05) is 27.1 Å². The summed E-state index contributed by atoms with van der Waals surface area (Å²) in [5, 5.41) is 3.02. The summed E-state index contributed by atoms with van der Waals surface area (Å²) < 4.78 is 79.4. The van der Waals surface area contributed by atoms with E-state index in [0.29, 0.717) is 22.1 Å². The lowest BCUT2D eigenvalue weighted by Gasteiger charge is -2.24.